The predicted molar refractivity (Wildman–Crippen MR) is 128 cm³/mol. The molecule has 0 amide bonds. The van der Waals surface area contributed by atoms with Crippen LogP contribution in [-0.2, 0) is 23.5 Å². The lowest BCUT2D eigenvalue weighted by atomic mass is 9.90. The Morgan fingerprint density at radius 1 is 1.28 bits per heavy atom. The number of non-ortho nitro benzene ring substituents is 1. The molecule has 5 rings (SSSR count). The number of fused-ring (bicyclic) bond motifs is 5. The number of thiophene rings is 1. The summed E-state index contributed by atoms with van der Waals surface area (Å²) in [7, 11) is 0. The second-order valence-corrected chi connectivity index (χ2v) is 10.7. The van der Waals surface area contributed by atoms with E-state index in [0.717, 1.165) is 44.6 Å². The van der Waals surface area contributed by atoms with Crippen LogP contribution in [0.5, 0.6) is 0 Å². The van der Waals surface area contributed by atoms with Crippen LogP contribution in [0.2, 0.25) is 0 Å². The first-order valence-corrected chi connectivity index (χ1v) is 13.2. The van der Waals surface area contributed by atoms with Gasteiger partial charge in [-0.15, -0.1) is 21.5 Å². The molecule has 0 aliphatic carbocycles. The molecule has 8 nitrogen and oxygen atoms in total. The van der Waals surface area contributed by atoms with Crippen LogP contribution >= 0.6 is 34.9 Å². The van der Waals surface area contributed by atoms with Crippen LogP contribution in [0, 0.1) is 10.1 Å². The molecule has 4 aromatic rings. The zero-order chi connectivity index (χ0) is 22.5. The van der Waals surface area contributed by atoms with E-state index in [2.05, 4.69) is 24.0 Å². The van der Waals surface area contributed by atoms with Gasteiger partial charge in [0.15, 0.2) is 16.0 Å². The van der Waals surface area contributed by atoms with Gasteiger partial charge in [0.1, 0.15) is 4.83 Å². The highest BCUT2D eigenvalue weighted by molar-refractivity contribution is 7.99. The SMILES string of the molecule is CC[C@@]1(C)Cc2c(sc3nc(SC)n4c(SCc5ccc([N+](=O)[O-])cc5)nnc4c23)CO1. The van der Waals surface area contributed by atoms with E-state index in [1.165, 1.54) is 22.6 Å². The Labute approximate surface area is 196 Å². The lowest BCUT2D eigenvalue weighted by Gasteiger charge is -2.32. The Hall–Kier alpha value is -2.21. The lowest BCUT2D eigenvalue weighted by molar-refractivity contribution is -0.384. The maximum Gasteiger partial charge on any atom is 0.269 e. The van der Waals surface area contributed by atoms with Crippen LogP contribution in [0.1, 0.15) is 36.3 Å². The van der Waals surface area contributed by atoms with Gasteiger partial charge in [0.25, 0.3) is 5.69 Å². The average Bonchev–Trinajstić information content (AvgIpc) is 3.38. The van der Waals surface area contributed by atoms with Crippen molar-refractivity contribution in [1.29, 1.82) is 0 Å². The van der Waals surface area contributed by atoms with Gasteiger partial charge in [-0.1, -0.05) is 42.6 Å². The Kier molecular flexibility index (Phi) is 5.60. The summed E-state index contributed by atoms with van der Waals surface area (Å²) in [5.41, 5.74) is 3.02. The largest absolute Gasteiger partial charge is 0.369 e. The maximum atomic E-state index is 10.9. The number of nitro groups is 1. The molecule has 1 aliphatic heterocycles. The van der Waals surface area contributed by atoms with Crippen LogP contribution in [0.25, 0.3) is 15.9 Å². The number of rotatable bonds is 6. The molecule has 0 spiro atoms. The summed E-state index contributed by atoms with van der Waals surface area (Å²) in [5.74, 6) is 0.633. The molecule has 0 unspecified atom stereocenters. The number of nitro benzene ring substituents is 1. The number of hydrogen-bond acceptors (Lipinski definition) is 9. The lowest BCUT2D eigenvalue weighted by Crippen LogP contribution is -2.33. The Bertz CT molecular complexity index is 1330. The van der Waals surface area contributed by atoms with Crippen LogP contribution in [-0.4, -0.2) is 36.4 Å². The quantitative estimate of drug-likeness (QED) is 0.152. The highest BCUT2D eigenvalue weighted by atomic mass is 32.2. The molecule has 1 aromatic carbocycles. The second-order valence-electron chi connectivity index (χ2n) is 7.91. The number of thioether (sulfide) groups is 2. The molecule has 0 fully saturated rings. The van der Waals surface area contributed by atoms with Gasteiger partial charge in [-0.25, -0.2) is 9.38 Å². The fourth-order valence-electron chi connectivity index (χ4n) is 3.84. The number of benzene rings is 1. The number of nitrogens with zero attached hydrogens (tertiary/aromatic N) is 5. The van der Waals surface area contributed by atoms with Gasteiger partial charge in [0.2, 0.25) is 0 Å². The minimum absolute atomic E-state index is 0.0910. The van der Waals surface area contributed by atoms with Gasteiger partial charge in [0.05, 0.1) is 22.5 Å². The minimum atomic E-state index is -0.388. The fraction of sp³-hybridized carbons (Fsp3) is 0.381. The van der Waals surface area contributed by atoms with Crippen molar-refractivity contribution < 1.29 is 9.66 Å². The van der Waals surface area contributed by atoms with Crippen molar-refractivity contribution in [3.05, 3.63) is 50.4 Å². The third kappa shape index (κ3) is 3.66. The normalized spacial score (nSPS) is 18.3. The topological polar surface area (TPSA) is 95.5 Å². The molecule has 0 saturated heterocycles. The van der Waals surface area contributed by atoms with E-state index in [4.69, 9.17) is 9.72 Å². The summed E-state index contributed by atoms with van der Waals surface area (Å²) in [6, 6.07) is 6.61. The van der Waals surface area contributed by atoms with E-state index >= 15 is 0 Å². The third-order valence-electron chi connectivity index (χ3n) is 5.87. The van der Waals surface area contributed by atoms with E-state index in [0.29, 0.717) is 12.4 Å². The molecule has 0 N–H and O–H groups in total. The Morgan fingerprint density at radius 3 is 2.75 bits per heavy atom. The van der Waals surface area contributed by atoms with Crippen molar-refractivity contribution in [2.24, 2.45) is 0 Å². The molecule has 4 heterocycles. The van der Waals surface area contributed by atoms with Gasteiger partial charge in [-0.05, 0) is 30.7 Å². The van der Waals surface area contributed by atoms with E-state index in [9.17, 15) is 10.1 Å². The zero-order valence-electron chi connectivity index (χ0n) is 17.8. The van der Waals surface area contributed by atoms with Crippen molar-refractivity contribution in [3.8, 4) is 0 Å². The number of aromatic nitrogens is 4. The molecular formula is C21H21N5O3S3. The molecule has 0 radical (unpaired) electrons. The van der Waals surface area contributed by atoms with E-state index in [1.54, 1.807) is 47.0 Å². The summed E-state index contributed by atoms with van der Waals surface area (Å²) in [6.45, 7) is 4.93. The average molecular weight is 488 g/mol. The second kappa shape index (κ2) is 8.29. The van der Waals surface area contributed by atoms with Gasteiger partial charge in [-0.3, -0.25) is 10.1 Å². The monoisotopic (exact) mass is 487 g/mol. The minimum Gasteiger partial charge on any atom is -0.369 e. The molecule has 1 aliphatic rings. The van der Waals surface area contributed by atoms with E-state index in [-0.39, 0.29) is 16.2 Å². The molecule has 0 bridgehead atoms. The van der Waals surface area contributed by atoms with Crippen molar-refractivity contribution in [3.63, 3.8) is 0 Å². The fourth-order valence-corrected chi connectivity index (χ4v) is 6.48. The first kappa shape index (κ1) is 21.6. The highest BCUT2D eigenvalue weighted by Crippen LogP contribution is 2.42. The van der Waals surface area contributed by atoms with Crippen LogP contribution in [0.3, 0.4) is 0 Å². The van der Waals surface area contributed by atoms with Gasteiger partial charge in [-0.2, -0.15) is 0 Å². The molecule has 3 aromatic heterocycles. The zero-order valence-corrected chi connectivity index (χ0v) is 20.3. The van der Waals surface area contributed by atoms with E-state index in [1.807, 2.05) is 10.7 Å². The summed E-state index contributed by atoms with van der Waals surface area (Å²) in [5, 5.41) is 22.6. The van der Waals surface area contributed by atoms with Crippen molar-refractivity contribution in [2.75, 3.05) is 6.26 Å². The van der Waals surface area contributed by atoms with Gasteiger partial charge >= 0.3 is 0 Å². The number of ether oxygens (including phenoxy) is 1. The van der Waals surface area contributed by atoms with Crippen molar-refractivity contribution >= 4 is 56.4 Å². The summed E-state index contributed by atoms with van der Waals surface area (Å²) in [6.07, 6.45) is 3.79. The Balaban J connectivity index is 1.54. The summed E-state index contributed by atoms with van der Waals surface area (Å²) in [4.78, 5) is 17.6. The van der Waals surface area contributed by atoms with Gasteiger partial charge in [0, 0.05) is 29.2 Å². The van der Waals surface area contributed by atoms with Crippen LogP contribution in [0.4, 0.5) is 5.69 Å². The van der Waals surface area contributed by atoms with E-state index < -0.39 is 0 Å². The maximum absolute atomic E-state index is 10.9. The molecular weight excluding hydrogens is 466 g/mol. The molecule has 166 valence electrons. The standard InChI is InChI=1S/C21H21N5O3S3/c1-4-21(2)9-14-15(10-29-21)32-18-16(14)17-23-24-20(25(17)19(22-18)30-3)31-11-12-5-7-13(8-6-12)26(27)28/h5-8H,4,9-11H2,1-3H3/t21-/m0/s1. The van der Waals surface area contributed by atoms with Crippen LogP contribution < -0.4 is 0 Å². The molecule has 32 heavy (non-hydrogen) atoms. The first-order valence-electron chi connectivity index (χ1n) is 10.2. The van der Waals surface area contributed by atoms with Crippen LogP contribution in [0.15, 0.2) is 34.6 Å². The molecule has 11 heteroatoms. The summed E-state index contributed by atoms with van der Waals surface area (Å²) >= 11 is 4.81. The number of hydrogen-bond donors (Lipinski definition) is 0. The third-order valence-corrected chi connectivity index (χ3v) is 8.60. The summed E-state index contributed by atoms with van der Waals surface area (Å²) < 4.78 is 8.18. The van der Waals surface area contributed by atoms with Crippen molar-refractivity contribution in [1.82, 2.24) is 19.6 Å². The smallest absolute Gasteiger partial charge is 0.269 e. The molecule has 0 saturated carbocycles. The van der Waals surface area contributed by atoms with Gasteiger partial charge < -0.3 is 4.74 Å². The predicted octanol–water partition coefficient (Wildman–Crippen LogP) is 5.50. The highest BCUT2D eigenvalue weighted by Gasteiger charge is 2.33. The Morgan fingerprint density at radius 2 is 2.06 bits per heavy atom. The van der Waals surface area contributed by atoms with Crippen molar-refractivity contribution in [2.45, 2.75) is 55.0 Å². The molecule has 1 atom stereocenters. The first-order chi connectivity index (χ1) is 15.4.